The van der Waals surface area contributed by atoms with Crippen molar-refractivity contribution in [3.63, 3.8) is 0 Å². The van der Waals surface area contributed by atoms with Crippen LogP contribution in [0.5, 0.6) is 0 Å². The Morgan fingerprint density at radius 2 is 2.09 bits per heavy atom. The molecule has 0 bridgehead atoms. The third kappa shape index (κ3) is 3.85. The first-order chi connectivity index (χ1) is 15.3. The van der Waals surface area contributed by atoms with E-state index in [9.17, 15) is 18.5 Å². The number of hydrogen-bond donors (Lipinski definition) is 1. The van der Waals surface area contributed by atoms with Crippen LogP contribution in [0.1, 0.15) is 13.3 Å². The first-order valence-corrected chi connectivity index (χ1v) is 11.2. The number of aromatic nitrogens is 6. The summed E-state index contributed by atoms with van der Waals surface area (Å²) in [6.45, 7) is 1.48. The third-order valence-electron chi connectivity index (χ3n) is 5.35. The van der Waals surface area contributed by atoms with E-state index in [1.807, 2.05) is 0 Å². The molecule has 0 spiro atoms. The van der Waals surface area contributed by atoms with E-state index in [0.717, 1.165) is 5.69 Å². The molecule has 1 atom stereocenters. The summed E-state index contributed by atoms with van der Waals surface area (Å²) in [4.78, 5) is 19.7. The van der Waals surface area contributed by atoms with Gasteiger partial charge in [-0.2, -0.15) is 19.8 Å². The number of rotatable bonds is 8. The highest BCUT2D eigenvalue weighted by Crippen LogP contribution is 2.36. The number of anilines is 2. The maximum Gasteiger partial charge on any atom is 0.227 e. The van der Waals surface area contributed by atoms with Gasteiger partial charge in [-0.25, -0.2) is 18.4 Å². The summed E-state index contributed by atoms with van der Waals surface area (Å²) in [7, 11) is -1.94. The highest BCUT2D eigenvalue weighted by atomic mass is 32.2. The number of nitrogens with one attached hydrogen (secondary N) is 1. The van der Waals surface area contributed by atoms with E-state index in [1.165, 1.54) is 11.2 Å². The maximum atomic E-state index is 12.4. The molecule has 1 aliphatic rings. The van der Waals surface area contributed by atoms with Crippen LogP contribution >= 0.6 is 0 Å². The molecule has 0 aliphatic carbocycles. The van der Waals surface area contributed by atoms with Crippen LogP contribution in [-0.4, -0.2) is 66.9 Å². The minimum atomic E-state index is -3.75. The van der Waals surface area contributed by atoms with Gasteiger partial charge in [0.25, 0.3) is 0 Å². The van der Waals surface area contributed by atoms with Crippen molar-refractivity contribution < 1.29 is 13.2 Å². The number of aryl methyl sites for hydroxylation is 1. The van der Waals surface area contributed by atoms with Crippen LogP contribution in [0.25, 0.3) is 11.3 Å². The van der Waals surface area contributed by atoms with Crippen molar-refractivity contribution in [3.8, 4) is 17.3 Å². The summed E-state index contributed by atoms with van der Waals surface area (Å²) in [5, 5.41) is 19.7. The Balaban J connectivity index is 1.56. The molecule has 0 amide bonds. The quantitative estimate of drug-likeness (QED) is 0.483. The van der Waals surface area contributed by atoms with Gasteiger partial charge < -0.3 is 10.1 Å². The van der Waals surface area contributed by atoms with Gasteiger partial charge in [0, 0.05) is 44.3 Å². The molecule has 166 valence electrons. The average Bonchev–Trinajstić information content (AvgIpc) is 3.39. The van der Waals surface area contributed by atoms with Crippen molar-refractivity contribution in [2.24, 2.45) is 7.05 Å². The molecule has 1 N–H and O–H groups in total. The van der Waals surface area contributed by atoms with Gasteiger partial charge in [0.05, 0.1) is 36.3 Å². The van der Waals surface area contributed by atoms with Crippen LogP contribution in [-0.2, 0) is 27.4 Å². The molecule has 0 radical (unpaired) electrons. The fraction of sp³-hybridized carbons (Fsp3) is 0.368. The first kappa shape index (κ1) is 21.6. The van der Waals surface area contributed by atoms with E-state index >= 15 is 0 Å². The predicted octanol–water partition coefficient (Wildman–Crippen LogP) is 0.659. The molecule has 4 rings (SSSR count). The number of sulfonamides is 1. The Labute approximate surface area is 184 Å². The van der Waals surface area contributed by atoms with Gasteiger partial charge in [-0.15, -0.1) is 0 Å². The summed E-state index contributed by atoms with van der Waals surface area (Å²) >= 11 is 0. The smallest absolute Gasteiger partial charge is 0.227 e. The second-order valence-corrected chi connectivity index (χ2v) is 9.97. The molecule has 1 aliphatic heterocycles. The number of nitrogens with zero attached hydrogens (tertiary/aromatic N) is 8. The molecule has 3 aromatic heterocycles. The molecule has 0 aromatic carbocycles. The van der Waals surface area contributed by atoms with Crippen LogP contribution < -0.4 is 5.32 Å². The lowest BCUT2D eigenvalue weighted by Gasteiger charge is -2.48. The second-order valence-electron chi connectivity index (χ2n) is 7.68. The minimum absolute atomic E-state index is 0.0692. The molecule has 1 saturated heterocycles. The zero-order valence-corrected chi connectivity index (χ0v) is 18.3. The van der Waals surface area contributed by atoms with E-state index in [0.29, 0.717) is 23.5 Å². The summed E-state index contributed by atoms with van der Waals surface area (Å²) in [5.74, 6) is 0.388. The summed E-state index contributed by atoms with van der Waals surface area (Å²) in [6.07, 6.45) is 8.89. The first-order valence-electron chi connectivity index (χ1n) is 9.73. The fourth-order valence-electron chi connectivity index (χ4n) is 3.49. The minimum Gasteiger partial charge on any atom is -0.321 e. The Bertz CT molecular complexity index is 1290. The predicted molar refractivity (Wildman–Crippen MR) is 114 cm³/mol. The van der Waals surface area contributed by atoms with Crippen molar-refractivity contribution in [3.05, 3.63) is 37.1 Å². The van der Waals surface area contributed by atoms with Gasteiger partial charge in [0.1, 0.15) is 17.1 Å². The monoisotopic (exact) mass is 455 g/mol. The third-order valence-corrected chi connectivity index (χ3v) is 7.38. The molecular formula is C19H21N9O3S. The van der Waals surface area contributed by atoms with E-state index < -0.39 is 20.8 Å². The standard InChI is InChI=1S/C19H21N9O3S/c1-14(11-29)32(30,31)27-12-19(13-27,4-5-20)28-9-15(7-23-28)17-3-6-21-18(25-17)24-16-8-22-26(2)10-16/h3,6-11,14H,4,12-13H2,1-2H3,(H,21,24,25). The summed E-state index contributed by atoms with van der Waals surface area (Å²) in [6, 6.07) is 3.85. The largest absolute Gasteiger partial charge is 0.321 e. The zero-order valence-electron chi connectivity index (χ0n) is 17.5. The van der Waals surface area contributed by atoms with E-state index in [1.54, 1.807) is 53.5 Å². The molecular weight excluding hydrogens is 434 g/mol. The van der Waals surface area contributed by atoms with Gasteiger partial charge >= 0.3 is 0 Å². The average molecular weight is 456 g/mol. The Morgan fingerprint density at radius 1 is 1.31 bits per heavy atom. The number of hydrogen-bond acceptors (Lipinski definition) is 9. The normalized spacial score (nSPS) is 16.7. The summed E-state index contributed by atoms with van der Waals surface area (Å²) < 4.78 is 29.4. The second kappa shape index (κ2) is 8.13. The lowest BCUT2D eigenvalue weighted by atomic mass is 9.89. The Kier molecular flexibility index (Phi) is 5.49. The van der Waals surface area contributed by atoms with Crippen LogP contribution in [0.15, 0.2) is 37.1 Å². The van der Waals surface area contributed by atoms with Gasteiger partial charge in [0.2, 0.25) is 16.0 Å². The maximum absolute atomic E-state index is 12.4. The van der Waals surface area contributed by atoms with Crippen molar-refractivity contribution in [2.75, 3.05) is 18.4 Å². The van der Waals surface area contributed by atoms with Crippen molar-refractivity contribution in [1.29, 1.82) is 5.26 Å². The molecule has 12 nitrogen and oxygen atoms in total. The molecule has 3 aromatic rings. The SMILES string of the molecule is CC(C=O)S(=O)(=O)N1CC(CC#N)(n2cc(-c3ccnc(Nc4cnn(C)c4)n3)cn2)C1. The molecule has 1 unspecified atom stereocenters. The van der Waals surface area contributed by atoms with E-state index in [-0.39, 0.29) is 19.5 Å². The highest BCUT2D eigenvalue weighted by Gasteiger charge is 2.51. The van der Waals surface area contributed by atoms with Crippen LogP contribution in [0.3, 0.4) is 0 Å². The van der Waals surface area contributed by atoms with Crippen LogP contribution in [0, 0.1) is 11.3 Å². The molecule has 32 heavy (non-hydrogen) atoms. The number of carbonyl (C=O) groups is 1. The Hall–Kier alpha value is -3.63. The van der Waals surface area contributed by atoms with Gasteiger partial charge in [-0.1, -0.05) is 0 Å². The number of nitriles is 1. The van der Waals surface area contributed by atoms with Crippen molar-refractivity contribution in [2.45, 2.75) is 24.1 Å². The van der Waals surface area contributed by atoms with Gasteiger partial charge in [-0.3, -0.25) is 9.36 Å². The lowest BCUT2D eigenvalue weighted by Crippen LogP contribution is -2.65. The van der Waals surface area contributed by atoms with Crippen molar-refractivity contribution >= 4 is 27.9 Å². The molecule has 1 fully saturated rings. The van der Waals surface area contributed by atoms with Crippen LogP contribution in [0.4, 0.5) is 11.6 Å². The summed E-state index contributed by atoms with van der Waals surface area (Å²) in [5.41, 5.74) is 1.25. The van der Waals surface area contributed by atoms with E-state index in [2.05, 4.69) is 31.6 Å². The number of aldehydes is 1. The lowest BCUT2D eigenvalue weighted by molar-refractivity contribution is -0.107. The molecule has 13 heteroatoms. The topological polar surface area (TPSA) is 152 Å². The van der Waals surface area contributed by atoms with Gasteiger partial charge in [0.15, 0.2) is 0 Å². The number of carbonyl (C=O) groups excluding carboxylic acids is 1. The highest BCUT2D eigenvalue weighted by molar-refractivity contribution is 7.90. The van der Waals surface area contributed by atoms with Crippen molar-refractivity contribution in [1.82, 2.24) is 33.8 Å². The van der Waals surface area contributed by atoms with Crippen LogP contribution in [0.2, 0.25) is 0 Å². The van der Waals surface area contributed by atoms with E-state index in [4.69, 9.17) is 0 Å². The zero-order chi connectivity index (χ0) is 22.9. The molecule has 4 heterocycles. The Morgan fingerprint density at radius 3 is 2.75 bits per heavy atom. The fourth-order valence-corrected chi connectivity index (χ4v) is 4.94. The van der Waals surface area contributed by atoms with Gasteiger partial charge in [-0.05, 0) is 13.0 Å². The molecule has 0 saturated carbocycles.